The number of carboxylic acid groups (broad SMARTS) is 1. The Kier molecular flexibility index (Phi) is 3.05. The van der Waals surface area contributed by atoms with Gasteiger partial charge in [-0.25, -0.2) is 9.78 Å². The molecule has 1 aromatic carbocycles. The fourth-order valence-corrected chi connectivity index (χ4v) is 2.28. The topological polar surface area (TPSA) is 62.7 Å². The lowest BCUT2D eigenvalue weighted by Gasteiger charge is -2.28. The van der Waals surface area contributed by atoms with Gasteiger partial charge in [-0.1, -0.05) is 12.1 Å². The molecule has 0 amide bonds. The number of pyridine rings is 1. The standard InChI is InChI=1S/C14H14N2O3/c17-14(18)11-3-1-2-10-4-5-12(15-13(10)11)16-6-8-19-9-7-16/h1-5H,6-9H2,(H,17,18). The van der Waals surface area contributed by atoms with Gasteiger partial charge in [0.05, 0.1) is 24.3 Å². The molecule has 1 saturated heterocycles. The third-order valence-electron chi connectivity index (χ3n) is 3.27. The first-order chi connectivity index (χ1) is 9.25. The lowest BCUT2D eigenvalue weighted by molar-refractivity contribution is 0.0699. The Hall–Kier alpha value is -2.14. The SMILES string of the molecule is O=C(O)c1cccc2ccc(N3CCOCC3)nc12. The molecule has 0 radical (unpaired) electrons. The summed E-state index contributed by atoms with van der Waals surface area (Å²) in [7, 11) is 0. The number of nitrogens with zero attached hydrogens (tertiary/aromatic N) is 2. The number of aromatic carboxylic acids is 1. The Morgan fingerprint density at radius 2 is 2.00 bits per heavy atom. The quantitative estimate of drug-likeness (QED) is 0.889. The molecule has 1 aliphatic heterocycles. The molecule has 3 rings (SSSR count). The Morgan fingerprint density at radius 1 is 1.21 bits per heavy atom. The summed E-state index contributed by atoms with van der Waals surface area (Å²) in [5, 5.41) is 10.1. The van der Waals surface area contributed by atoms with Crippen LogP contribution in [0.2, 0.25) is 0 Å². The Bertz CT molecular complexity index is 621. The van der Waals surface area contributed by atoms with Crippen LogP contribution in [0.3, 0.4) is 0 Å². The molecule has 5 heteroatoms. The van der Waals surface area contributed by atoms with Gasteiger partial charge in [-0.15, -0.1) is 0 Å². The second-order valence-electron chi connectivity index (χ2n) is 4.45. The van der Waals surface area contributed by atoms with Crippen LogP contribution in [-0.4, -0.2) is 42.4 Å². The van der Waals surface area contributed by atoms with Gasteiger partial charge in [0.15, 0.2) is 0 Å². The lowest BCUT2D eigenvalue weighted by atomic mass is 10.1. The summed E-state index contributed by atoms with van der Waals surface area (Å²) >= 11 is 0. The molecule has 0 unspecified atom stereocenters. The van der Waals surface area contributed by atoms with Crippen molar-refractivity contribution >= 4 is 22.7 Å². The van der Waals surface area contributed by atoms with Crippen LogP contribution in [0.5, 0.6) is 0 Å². The van der Waals surface area contributed by atoms with Crippen molar-refractivity contribution in [3.8, 4) is 0 Å². The molecule has 2 aromatic rings. The van der Waals surface area contributed by atoms with Crippen molar-refractivity contribution in [2.75, 3.05) is 31.2 Å². The van der Waals surface area contributed by atoms with Gasteiger partial charge in [-0.3, -0.25) is 0 Å². The molecular formula is C14H14N2O3. The van der Waals surface area contributed by atoms with E-state index in [2.05, 4.69) is 9.88 Å². The second-order valence-corrected chi connectivity index (χ2v) is 4.45. The molecule has 1 N–H and O–H groups in total. The van der Waals surface area contributed by atoms with Crippen LogP contribution in [0.1, 0.15) is 10.4 Å². The Balaban J connectivity index is 2.08. The van der Waals surface area contributed by atoms with Gasteiger partial charge in [0, 0.05) is 18.5 Å². The number of carbonyl (C=O) groups is 1. The predicted octanol–water partition coefficient (Wildman–Crippen LogP) is 1.77. The Labute approximate surface area is 110 Å². The first-order valence-electron chi connectivity index (χ1n) is 6.21. The molecule has 1 aliphatic rings. The molecule has 0 atom stereocenters. The van der Waals surface area contributed by atoms with Gasteiger partial charge >= 0.3 is 5.97 Å². The first-order valence-corrected chi connectivity index (χ1v) is 6.21. The van der Waals surface area contributed by atoms with E-state index < -0.39 is 5.97 Å². The van der Waals surface area contributed by atoms with Crippen molar-refractivity contribution in [3.63, 3.8) is 0 Å². The highest BCUT2D eigenvalue weighted by atomic mass is 16.5. The van der Waals surface area contributed by atoms with Crippen LogP contribution >= 0.6 is 0 Å². The second kappa shape index (κ2) is 4.85. The predicted molar refractivity (Wildman–Crippen MR) is 71.7 cm³/mol. The number of hydrogen-bond donors (Lipinski definition) is 1. The molecular weight excluding hydrogens is 244 g/mol. The molecule has 98 valence electrons. The van der Waals surface area contributed by atoms with Crippen molar-refractivity contribution < 1.29 is 14.6 Å². The highest BCUT2D eigenvalue weighted by Gasteiger charge is 2.15. The summed E-state index contributed by atoms with van der Waals surface area (Å²) in [6.45, 7) is 2.93. The fourth-order valence-electron chi connectivity index (χ4n) is 2.28. The highest BCUT2D eigenvalue weighted by Crippen LogP contribution is 2.22. The number of hydrogen-bond acceptors (Lipinski definition) is 4. The van der Waals surface area contributed by atoms with E-state index in [1.807, 2.05) is 18.2 Å². The number of fused-ring (bicyclic) bond motifs is 1. The summed E-state index contributed by atoms with van der Waals surface area (Å²) < 4.78 is 5.31. The summed E-state index contributed by atoms with van der Waals surface area (Å²) in [6, 6.07) is 9.04. The van der Waals surface area contributed by atoms with Crippen LogP contribution in [0.15, 0.2) is 30.3 Å². The molecule has 1 aromatic heterocycles. The van der Waals surface area contributed by atoms with E-state index in [1.165, 1.54) is 0 Å². The number of ether oxygens (including phenoxy) is 1. The minimum absolute atomic E-state index is 0.243. The lowest BCUT2D eigenvalue weighted by Crippen LogP contribution is -2.36. The minimum Gasteiger partial charge on any atom is -0.478 e. The number of rotatable bonds is 2. The van der Waals surface area contributed by atoms with E-state index in [1.54, 1.807) is 12.1 Å². The zero-order valence-corrected chi connectivity index (χ0v) is 10.4. The van der Waals surface area contributed by atoms with Gasteiger partial charge in [0.25, 0.3) is 0 Å². The smallest absolute Gasteiger partial charge is 0.337 e. The third-order valence-corrected chi connectivity index (χ3v) is 3.27. The maximum atomic E-state index is 11.2. The fraction of sp³-hybridized carbons (Fsp3) is 0.286. The van der Waals surface area contributed by atoms with Crippen LogP contribution in [0.25, 0.3) is 10.9 Å². The minimum atomic E-state index is -0.947. The van der Waals surface area contributed by atoms with Gasteiger partial charge < -0.3 is 14.7 Å². The van der Waals surface area contributed by atoms with Gasteiger partial charge in [0.1, 0.15) is 5.82 Å². The van der Waals surface area contributed by atoms with Crippen molar-refractivity contribution in [1.29, 1.82) is 0 Å². The number of benzene rings is 1. The molecule has 0 bridgehead atoms. The maximum Gasteiger partial charge on any atom is 0.337 e. The molecule has 2 heterocycles. The number of aromatic nitrogens is 1. The van der Waals surface area contributed by atoms with Gasteiger partial charge in [0.2, 0.25) is 0 Å². The van der Waals surface area contributed by atoms with Crippen LogP contribution in [0.4, 0.5) is 5.82 Å². The zero-order chi connectivity index (χ0) is 13.2. The molecule has 1 fully saturated rings. The van der Waals surface area contributed by atoms with E-state index in [0.29, 0.717) is 18.7 Å². The number of anilines is 1. The largest absolute Gasteiger partial charge is 0.478 e. The van der Waals surface area contributed by atoms with Gasteiger partial charge in [-0.05, 0) is 18.2 Å². The van der Waals surface area contributed by atoms with Crippen LogP contribution in [-0.2, 0) is 4.74 Å². The molecule has 19 heavy (non-hydrogen) atoms. The van der Waals surface area contributed by atoms with Gasteiger partial charge in [-0.2, -0.15) is 0 Å². The maximum absolute atomic E-state index is 11.2. The number of carboxylic acids is 1. The van der Waals surface area contributed by atoms with E-state index in [-0.39, 0.29) is 5.56 Å². The normalized spacial score (nSPS) is 15.7. The Morgan fingerprint density at radius 3 is 2.74 bits per heavy atom. The molecule has 0 aliphatic carbocycles. The summed E-state index contributed by atoms with van der Waals surface area (Å²) in [5.74, 6) is -0.137. The van der Waals surface area contributed by atoms with Crippen molar-refractivity contribution in [3.05, 3.63) is 35.9 Å². The van der Waals surface area contributed by atoms with E-state index in [9.17, 15) is 9.90 Å². The number of morpholine rings is 1. The monoisotopic (exact) mass is 258 g/mol. The highest BCUT2D eigenvalue weighted by molar-refractivity contribution is 6.02. The molecule has 5 nitrogen and oxygen atoms in total. The first kappa shape index (κ1) is 11.9. The zero-order valence-electron chi connectivity index (χ0n) is 10.4. The van der Waals surface area contributed by atoms with Crippen LogP contribution in [0, 0.1) is 0 Å². The summed E-state index contributed by atoms with van der Waals surface area (Å²) in [6.07, 6.45) is 0. The van der Waals surface area contributed by atoms with E-state index in [4.69, 9.17) is 4.74 Å². The van der Waals surface area contributed by atoms with E-state index in [0.717, 1.165) is 24.3 Å². The molecule has 0 saturated carbocycles. The number of para-hydroxylation sites is 1. The van der Waals surface area contributed by atoms with Crippen molar-refractivity contribution in [2.24, 2.45) is 0 Å². The molecule has 0 spiro atoms. The van der Waals surface area contributed by atoms with Crippen molar-refractivity contribution in [1.82, 2.24) is 4.98 Å². The summed E-state index contributed by atoms with van der Waals surface area (Å²) in [5.41, 5.74) is 0.784. The third kappa shape index (κ3) is 2.24. The average Bonchev–Trinajstić information content (AvgIpc) is 2.47. The average molecular weight is 258 g/mol. The van der Waals surface area contributed by atoms with E-state index >= 15 is 0 Å². The van der Waals surface area contributed by atoms with Crippen LogP contribution < -0.4 is 4.90 Å². The van der Waals surface area contributed by atoms with Crippen molar-refractivity contribution in [2.45, 2.75) is 0 Å². The summed E-state index contributed by atoms with van der Waals surface area (Å²) in [4.78, 5) is 17.9.